The van der Waals surface area contributed by atoms with Crippen LogP contribution in [0.2, 0.25) is 0 Å². The van der Waals surface area contributed by atoms with E-state index in [0.29, 0.717) is 16.8 Å². The Bertz CT molecular complexity index is 729. The number of benzene rings is 1. The van der Waals surface area contributed by atoms with Crippen molar-refractivity contribution in [2.24, 2.45) is 0 Å². The lowest BCUT2D eigenvalue weighted by Crippen LogP contribution is -2.39. The fraction of sp³-hybridized carbons (Fsp3) is 0.632. The smallest absolute Gasteiger partial charge is 0.242 e. The Morgan fingerprint density at radius 3 is 2.52 bits per heavy atom. The summed E-state index contributed by atoms with van der Waals surface area (Å²) in [6.45, 7) is 2.96. The average molecular weight is 413 g/mol. The van der Waals surface area contributed by atoms with E-state index >= 15 is 0 Å². The molecule has 0 bridgehead atoms. The monoisotopic (exact) mass is 412 g/mol. The minimum absolute atomic E-state index is 0.247. The summed E-state index contributed by atoms with van der Waals surface area (Å²) in [5.74, 6) is 0. The van der Waals surface area contributed by atoms with Gasteiger partial charge in [-0.1, -0.05) is 32.6 Å². The van der Waals surface area contributed by atoms with Crippen molar-refractivity contribution in [3.63, 3.8) is 0 Å². The van der Waals surface area contributed by atoms with Crippen molar-refractivity contribution in [1.29, 1.82) is 0 Å². The van der Waals surface area contributed by atoms with E-state index in [2.05, 4.69) is 22.9 Å². The molecular formula is C19H32N4O2S2. The predicted octanol–water partition coefficient (Wildman–Crippen LogP) is 3.77. The summed E-state index contributed by atoms with van der Waals surface area (Å²) in [4.78, 5) is 0.247. The number of thiocarbonyl (C=S) groups is 1. The maximum atomic E-state index is 12.5. The molecule has 3 N–H and O–H groups in total. The maximum absolute atomic E-state index is 12.5. The van der Waals surface area contributed by atoms with Crippen LogP contribution in [0.4, 0.5) is 11.4 Å². The molecule has 27 heavy (non-hydrogen) atoms. The van der Waals surface area contributed by atoms with Crippen molar-refractivity contribution in [1.82, 2.24) is 9.62 Å². The van der Waals surface area contributed by atoms with Crippen LogP contribution >= 0.6 is 12.2 Å². The van der Waals surface area contributed by atoms with Crippen LogP contribution in [0, 0.1) is 0 Å². The number of unbranched alkanes of at least 4 members (excludes halogenated alkanes) is 1. The van der Waals surface area contributed by atoms with Gasteiger partial charge in [-0.3, -0.25) is 0 Å². The minimum Gasteiger partial charge on any atom is -0.383 e. The molecular weight excluding hydrogens is 380 g/mol. The Hall–Kier alpha value is -1.38. The van der Waals surface area contributed by atoms with Gasteiger partial charge in [0, 0.05) is 26.7 Å². The highest BCUT2D eigenvalue weighted by atomic mass is 32.2. The van der Waals surface area contributed by atoms with Gasteiger partial charge < -0.3 is 16.0 Å². The van der Waals surface area contributed by atoms with Gasteiger partial charge in [-0.2, -0.15) is 0 Å². The summed E-state index contributed by atoms with van der Waals surface area (Å²) >= 11 is 5.49. The average Bonchev–Trinajstić information content (AvgIpc) is 2.63. The molecule has 2 rings (SSSR count). The Balaban J connectivity index is 2.19. The molecule has 0 aliphatic heterocycles. The Kier molecular flexibility index (Phi) is 8.31. The lowest BCUT2D eigenvalue weighted by molar-refractivity contribution is 0.415. The summed E-state index contributed by atoms with van der Waals surface area (Å²) < 4.78 is 26.2. The van der Waals surface area contributed by atoms with Crippen molar-refractivity contribution < 1.29 is 8.42 Å². The predicted molar refractivity (Wildman–Crippen MR) is 117 cm³/mol. The van der Waals surface area contributed by atoms with Gasteiger partial charge in [-0.25, -0.2) is 12.7 Å². The second-order valence-corrected chi connectivity index (χ2v) is 9.77. The molecule has 0 heterocycles. The summed E-state index contributed by atoms with van der Waals surface area (Å²) in [6, 6.07) is 5.48. The van der Waals surface area contributed by atoms with Gasteiger partial charge in [0.15, 0.2) is 5.11 Å². The van der Waals surface area contributed by atoms with Gasteiger partial charge >= 0.3 is 0 Å². The highest BCUT2D eigenvalue weighted by molar-refractivity contribution is 7.89. The van der Waals surface area contributed by atoms with E-state index in [-0.39, 0.29) is 4.90 Å². The summed E-state index contributed by atoms with van der Waals surface area (Å²) in [6.07, 6.45) is 8.11. The van der Waals surface area contributed by atoms with Crippen LogP contribution < -0.4 is 16.0 Å². The Labute approximate surface area is 169 Å². The third kappa shape index (κ3) is 6.33. The van der Waals surface area contributed by atoms with E-state index in [0.717, 1.165) is 37.9 Å². The van der Waals surface area contributed by atoms with Crippen LogP contribution in [0.1, 0.15) is 51.9 Å². The molecule has 1 fully saturated rings. The minimum atomic E-state index is -3.50. The summed E-state index contributed by atoms with van der Waals surface area (Å²) in [5.41, 5.74) is 1.54. The van der Waals surface area contributed by atoms with Crippen LogP contribution in [-0.4, -0.2) is 44.5 Å². The van der Waals surface area contributed by atoms with Crippen molar-refractivity contribution in [3.8, 4) is 0 Å². The second-order valence-electron chi connectivity index (χ2n) is 7.21. The Morgan fingerprint density at radius 1 is 1.19 bits per heavy atom. The van der Waals surface area contributed by atoms with Crippen LogP contribution in [0.25, 0.3) is 0 Å². The van der Waals surface area contributed by atoms with Crippen molar-refractivity contribution in [2.75, 3.05) is 31.3 Å². The van der Waals surface area contributed by atoms with Gasteiger partial charge in [-0.15, -0.1) is 0 Å². The fourth-order valence-electron chi connectivity index (χ4n) is 3.14. The molecule has 1 saturated carbocycles. The third-order valence-electron chi connectivity index (χ3n) is 4.80. The normalized spacial score (nSPS) is 15.6. The first-order valence-electron chi connectivity index (χ1n) is 9.72. The van der Waals surface area contributed by atoms with E-state index in [4.69, 9.17) is 12.2 Å². The lowest BCUT2D eigenvalue weighted by Gasteiger charge is -2.25. The molecule has 152 valence electrons. The molecule has 1 aliphatic rings. The van der Waals surface area contributed by atoms with Gasteiger partial charge in [0.2, 0.25) is 10.0 Å². The number of anilines is 2. The zero-order chi connectivity index (χ0) is 19.9. The van der Waals surface area contributed by atoms with Gasteiger partial charge in [0.25, 0.3) is 0 Å². The molecule has 6 nitrogen and oxygen atoms in total. The number of nitrogens with one attached hydrogen (secondary N) is 3. The molecule has 0 radical (unpaired) electrons. The quantitative estimate of drug-likeness (QED) is 0.446. The van der Waals surface area contributed by atoms with Gasteiger partial charge in [0.1, 0.15) is 0 Å². The first kappa shape index (κ1) is 21.9. The first-order valence-corrected chi connectivity index (χ1v) is 11.6. The lowest BCUT2D eigenvalue weighted by atomic mass is 9.96. The number of nitrogens with zero attached hydrogens (tertiary/aromatic N) is 1. The fourth-order valence-corrected chi connectivity index (χ4v) is 4.35. The van der Waals surface area contributed by atoms with E-state index < -0.39 is 10.0 Å². The van der Waals surface area contributed by atoms with E-state index in [9.17, 15) is 8.42 Å². The highest BCUT2D eigenvalue weighted by Gasteiger charge is 2.20. The molecule has 0 atom stereocenters. The SMILES string of the molecule is CCCCNc1ccc(S(=O)(=O)N(C)C)cc1NC(=S)NC1CCCCC1. The van der Waals surface area contributed by atoms with Crippen LogP contribution in [0.15, 0.2) is 23.1 Å². The third-order valence-corrected chi connectivity index (χ3v) is 6.83. The van der Waals surface area contributed by atoms with Crippen LogP contribution in [-0.2, 0) is 10.0 Å². The van der Waals surface area contributed by atoms with Crippen molar-refractivity contribution in [3.05, 3.63) is 18.2 Å². The van der Waals surface area contributed by atoms with E-state index in [1.807, 2.05) is 0 Å². The zero-order valence-electron chi connectivity index (χ0n) is 16.5. The van der Waals surface area contributed by atoms with Crippen molar-refractivity contribution >= 4 is 38.7 Å². The van der Waals surface area contributed by atoms with Crippen molar-refractivity contribution in [2.45, 2.75) is 62.8 Å². The molecule has 0 saturated heterocycles. The van der Waals surface area contributed by atoms with Crippen LogP contribution in [0.5, 0.6) is 0 Å². The topological polar surface area (TPSA) is 73.5 Å². The van der Waals surface area contributed by atoms with Gasteiger partial charge in [-0.05, 0) is 49.7 Å². The van der Waals surface area contributed by atoms with Crippen LogP contribution in [0.3, 0.4) is 0 Å². The molecule has 1 aromatic rings. The largest absolute Gasteiger partial charge is 0.383 e. The summed E-state index contributed by atoms with van der Waals surface area (Å²) in [7, 11) is -0.437. The number of hydrogen-bond acceptors (Lipinski definition) is 4. The zero-order valence-corrected chi connectivity index (χ0v) is 18.2. The number of rotatable bonds is 8. The van der Waals surface area contributed by atoms with Gasteiger partial charge in [0.05, 0.1) is 16.3 Å². The maximum Gasteiger partial charge on any atom is 0.242 e. The highest BCUT2D eigenvalue weighted by Crippen LogP contribution is 2.27. The first-order chi connectivity index (χ1) is 12.8. The molecule has 0 aromatic heterocycles. The molecule has 8 heteroatoms. The molecule has 0 spiro atoms. The molecule has 0 unspecified atom stereocenters. The molecule has 1 aromatic carbocycles. The molecule has 1 aliphatic carbocycles. The summed E-state index contributed by atoms with van der Waals surface area (Å²) in [5, 5.41) is 10.5. The second kappa shape index (κ2) is 10.2. The number of hydrogen-bond donors (Lipinski definition) is 3. The number of sulfonamides is 1. The molecule has 0 amide bonds. The standard InChI is InChI=1S/C19H32N4O2S2/c1-4-5-13-20-17-12-11-16(27(24,25)23(2)3)14-18(17)22-19(26)21-15-9-7-6-8-10-15/h11-12,14-15,20H,4-10,13H2,1-3H3,(H2,21,22,26). The Morgan fingerprint density at radius 2 is 1.89 bits per heavy atom. The van der Waals surface area contributed by atoms with E-state index in [1.54, 1.807) is 18.2 Å². The van der Waals surface area contributed by atoms with E-state index in [1.165, 1.54) is 37.7 Å².